The van der Waals surface area contributed by atoms with E-state index in [1.807, 2.05) is 71.4 Å². The molecule has 1 atom stereocenters. The Morgan fingerprint density at radius 1 is 1.16 bits per heavy atom. The molecule has 0 radical (unpaired) electrons. The van der Waals surface area contributed by atoms with Crippen LogP contribution in [0.3, 0.4) is 0 Å². The Hall–Kier alpha value is -3.02. The molecule has 1 aliphatic heterocycles. The van der Waals surface area contributed by atoms with Gasteiger partial charge in [0.2, 0.25) is 0 Å². The largest absolute Gasteiger partial charge is 0.489 e. The van der Waals surface area contributed by atoms with Gasteiger partial charge in [0.25, 0.3) is 5.91 Å². The monoisotopic (exact) mass is 336 g/mol. The number of carbonyl (C=O) groups excluding carboxylic acids is 1. The molecule has 1 saturated heterocycles. The number of benzene rings is 1. The number of likely N-dealkylation sites (tertiary alicyclic amines) is 1. The molecule has 1 amide bonds. The van der Waals surface area contributed by atoms with E-state index in [0.29, 0.717) is 18.7 Å². The van der Waals surface area contributed by atoms with E-state index < -0.39 is 0 Å². The van der Waals surface area contributed by atoms with Crippen LogP contribution in [0.2, 0.25) is 0 Å². The lowest BCUT2D eigenvalue weighted by molar-refractivity contribution is 0.0772. The van der Waals surface area contributed by atoms with E-state index in [4.69, 9.17) is 4.74 Å². The van der Waals surface area contributed by atoms with Gasteiger partial charge in [0.05, 0.1) is 12.7 Å². The van der Waals surface area contributed by atoms with Crippen molar-refractivity contribution < 1.29 is 9.53 Å². The van der Waals surface area contributed by atoms with Gasteiger partial charge in [-0.3, -0.25) is 9.48 Å². The summed E-state index contributed by atoms with van der Waals surface area (Å²) in [5.41, 5.74) is 0.610. The molecule has 1 aromatic carbocycles. The average Bonchev–Trinajstić information content (AvgIpc) is 3.35. The lowest BCUT2D eigenvalue weighted by atomic mass is 10.3. The summed E-state index contributed by atoms with van der Waals surface area (Å²) in [4.78, 5) is 14.8. The van der Waals surface area contributed by atoms with Gasteiger partial charge >= 0.3 is 0 Å². The van der Waals surface area contributed by atoms with Crippen molar-refractivity contribution >= 4 is 5.91 Å². The van der Waals surface area contributed by atoms with Crippen molar-refractivity contribution in [2.24, 2.45) is 7.05 Å². The number of aryl methyl sites for hydroxylation is 1. The molecule has 128 valence electrons. The zero-order valence-electron chi connectivity index (χ0n) is 14.1. The number of nitrogens with zero attached hydrogens (tertiary/aromatic N) is 4. The van der Waals surface area contributed by atoms with Gasteiger partial charge in [-0.2, -0.15) is 5.10 Å². The van der Waals surface area contributed by atoms with E-state index >= 15 is 0 Å². The topological polar surface area (TPSA) is 52.3 Å². The minimum Gasteiger partial charge on any atom is -0.489 e. The molecule has 2 aromatic heterocycles. The Labute approximate surface area is 146 Å². The molecule has 1 fully saturated rings. The Morgan fingerprint density at radius 3 is 2.68 bits per heavy atom. The van der Waals surface area contributed by atoms with Gasteiger partial charge in [-0.25, -0.2) is 0 Å². The van der Waals surface area contributed by atoms with Gasteiger partial charge in [-0.1, -0.05) is 18.2 Å². The molecule has 3 heterocycles. The van der Waals surface area contributed by atoms with Crippen molar-refractivity contribution in [2.75, 3.05) is 13.1 Å². The van der Waals surface area contributed by atoms with E-state index in [2.05, 4.69) is 5.10 Å². The molecule has 4 rings (SSSR count). The summed E-state index contributed by atoms with van der Waals surface area (Å²) in [5, 5.41) is 4.27. The van der Waals surface area contributed by atoms with Crippen molar-refractivity contribution in [1.82, 2.24) is 19.2 Å². The van der Waals surface area contributed by atoms with Crippen molar-refractivity contribution in [3.63, 3.8) is 0 Å². The molecule has 0 saturated carbocycles. The highest BCUT2D eigenvalue weighted by Crippen LogP contribution is 2.22. The van der Waals surface area contributed by atoms with Crippen LogP contribution in [0.1, 0.15) is 16.8 Å². The van der Waals surface area contributed by atoms with Gasteiger partial charge in [0, 0.05) is 32.4 Å². The molecule has 0 bridgehead atoms. The number of carbonyl (C=O) groups is 1. The first-order chi connectivity index (χ1) is 12.2. The van der Waals surface area contributed by atoms with Crippen LogP contribution in [0.4, 0.5) is 0 Å². The second kappa shape index (κ2) is 6.47. The lowest BCUT2D eigenvalue weighted by Crippen LogP contribution is -2.31. The molecule has 0 N–H and O–H groups in total. The van der Waals surface area contributed by atoms with E-state index in [9.17, 15) is 4.79 Å². The number of amides is 1. The molecule has 3 aromatic rings. The summed E-state index contributed by atoms with van der Waals surface area (Å²) >= 11 is 0. The van der Waals surface area contributed by atoms with Gasteiger partial charge < -0.3 is 14.2 Å². The van der Waals surface area contributed by atoms with Crippen molar-refractivity contribution in [3.8, 4) is 11.6 Å². The molecule has 1 unspecified atom stereocenters. The molecule has 0 spiro atoms. The Balaban J connectivity index is 1.50. The van der Waals surface area contributed by atoms with Crippen LogP contribution in [-0.2, 0) is 7.05 Å². The maximum absolute atomic E-state index is 13.0. The zero-order valence-corrected chi connectivity index (χ0v) is 14.1. The first-order valence-electron chi connectivity index (χ1n) is 8.38. The summed E-state index contributed by atoms with van der Waals surface area (Å²) in [6.07, 6.45) is 6.33. The first-order valence-corrected chi connectivity index (χ1v) is 8.38. The molecule has 0 aliphatic carbocycles. The van der Waals surface area contributed by atoms with E-state index in [0.717, 1.165) is 18.0 Å². The van der Waals surface area contributed by atoms with Crippen molar-refractivity contribution in [2.45, 2.75) is 12.5 Å². The standard InChI is InChI=1S/C19H20N4O2/c1-21-18(22-10-5-6-11-22)17(13-20-21)19(24)23-12-9-16(14-23)25-15-7-3-2-4-8-15/h2-8,10-11,13,16H,9,12,14H2,1H3. The third-order valence-corrected chi connectivity index (χ3v) is 4.47. The van der Waals surface area contributed by atoms with Gasteiger partial charge in [0.1, 0.15) is 23.2 Å². The molecular formula is C19H20N4O2. The zero-order chi connectivity index (χ0) is 17.2. The Bertz CT molecular complexity index is 855. The van der Waals surface area contributed by atoms with Crippen molar-refractivity contribution in [1.29, 1.82) is 0 Å². The number of hydrogen-bond donors (Lipinski definition) is 0. The maximum Gasteiger partial charge on any atom is 0.259 e. The van der Waals surface area contributed by atoms with E-state index in [-0.39, 0.29) is 12.0 Å². The summed E-state index contributed by atoms with van der Waals surface area (Å²) in [6.45, 7) is 1.28. The minimum atomic E-state index is -0.00374. The number of para-hydroxylation sites is 1. The van der Waals surface area contributed by atoms with Gasteiger partial charge in [-0.05, 0) is 24.3 Å². The predicted molar refractivity (Wildman–Crippen MR) is 93.9 cm³/mol. The highest BCUT2D eigenvalue weighted by molar-refractivity contribution is 5.97. The van der Waals surface area contributed by atoms with Gasteiger partial charge in [0.15, 0.2) is 0 Å². The normalized spacial score (nSPS) is 17.0. The number of hydrogen-bond acceptors (Lipinski definition) is 3. The molecular weight excluding hydrogens is 316 g/mol. The minimum absolute atomic E-state index is 0.00374. The smallest absolute Gasteiger partial charge is 0.259 e. The van der Waals surface area contributed by atoms with Crippen LogP contribution in [0.15, 0.2) is 61.1 Å². The van der Waals surface area contributed by atoms with Crippen LogP contribution in [-0.4, -0.2) is 44.3 Å². The molecule has 1 aliphatic rings. The fourth-order valence-electron chi connectivity index (χ4n) is 3.23. The SMILES string of the molecule is Cn1ncc(C(=O)N2CCC(Oc3ccccc3)C2)c1-n1cccc1. The predicted octanol–water partition coefficient (Wildman–Crippen LogP) is 2.50. The fraction of sp³-hybridized carbons (Fsp3) is 0.263. The fourth-order valence-corrected chi connectivity index (χ4v) is 3.23. The Morgan fingerprint density at radius 2 is 1.92 bits per heavy atom. The van der Waals surface area contributed by atoms with E-state index in [1.54, 1.807) is 10.9 Å². The number of ether oxygens (including phenoxy) is 1. The lowest BCUT2D eigenvalue weighted by Gasteiger charge is -2.17. The highest BCUT2D eigenvalue weighted by Gasteiger charge is 2.30. The first kappa shape index (κ1) is 15.5. The maximum atomic E-state index is 13.0. The number of aromatic nitrogens is 3. The third-order valence-electron chi connectivity index (χ3n) is 4.47. The van der Waals surface area contributed by atoms with Crippen LogP contribution in [0.5, 0.6) is 5.75 Å². The number of rotatable bonds is 4. The quantitative estimate of drug-likeness (QED) is 0.736. The summed E-state index contributed by atoms with van der Waals surface area (Å²) in [5.74, 6) is 1.62. The molecule has 6 nitrogen and oxygen atoms in total. The molecule has 6 heteroatoms. The van der Waals surface area contributed by atoms with Crippen LogP contribution in [0, 0.1) is 0 Å². The molecule has 25 heavy (non-hydrogen) atoms. The van der Waals surface area contributed by atoms with Crippen molar-refractivity contribution in [3.05, 3.63) is 66.6 Å². The van der Waals surface area contributed by atoms with E-state index in [1.165, 1.54) is 0 Å². The van der Waals surface area contributed by atoms with Crippen LogP contribution >= 0.6 is 0 Å². The summed E-state index contributed by atoms with van der Waals surface area (Å²) in [6, 6.07) is 13.6. The Kier molecular flexibility index (Phi) is 4.01. The second-order valence-electron chi connectivity index (χ2n) is 6.19. The third kappa shape index (κ3) is 3.03. The van der Waals surface area contributed by atoms with Crippen LogP contribution in [0.25, 0.3) is 5.82 Å². The second-order valence-corrected chi connectivity index (χ2v) is 6.19. The highest BCUT2D eigenvalue weighted by atomic mass is 16.5. The average molecular weight is 336 g/mol. The van der Waals surface area contributed by atoms with Crippen LogP contribution < -0.4 is 4.74 Å². The summed E-state index contributed by atoms with van der Waals surface area (Å²) < 4.78 is 9.61. The summed E-state index contributed by atoms with van der Waals surface area (Å²) in [7, 11) is 1.84. The van der Waals surface area contributed by atoms with Gasteiger partial charge in [-0.15, -0.1) is 0 Å².